The molecule has 0 radical (unpaired) electrons. The van der Waals surface area contributed by atoms with Crippen molar-refractivity contribution >= 4 is 34.8 Å². The number of anilines is 1. The Morgan fingerprint density at radius 1 is 1.06 bits per heavy atom. The zero-order chi connectivity index (χ0) is 22.8. The molecule has 2 fully saturated rings. The van der Waals surface area contributed by atoms with Crippen LogP contribution in [0.2, 0.25) is 0 Å². The van der Waals surface area contributed by atoms with E-state index in [0.717, 1.165) is 36.5 Å². The van der Waals surface area contributed by atoms with Gasteiger partial charge in [0, 0.05) is 44.7 Å². The second-order valence-electron chi connectivity index (χ2n) is 9.12. The van der Waals surface area contributed by atoms with Crippen molar-refractivity contribution in [3.8, 4) is 0 Å². The van der Waals surface area contributed by atoms with Gasteiger partial charge in [-0.3, -0.25) is 9.79 Å². The van der Waals surface area contributed by atoms with E-state index in [2.05, 4.69) is 43.2 Å². The minimum atomic E-state index is -2.85. The lowest BCUT2D eigenvalue weighted by Crippen LogP contribution is -2.43. The van der Waals surface area contributed by atoms with E-state index in [-0.39, 0.29) is 24.2 Å². The van der Waals surface area contributed by atoms with E-state index < -0.39 is 18.4 Å². The number of nitrogens with zero attached hydrogens (tertiary/aromatic N) is 7. The first-order chi connectivity index (χ1) is 15.9. The molecule has 1 amide bonds. The summed E-state index contributed by atoms with van der Waals surface area (Å²) in [5.74, 6) is -2.58. The SMILES string of the molecule is Cn1c(C(=O)N2CCC(F)(F)C2)nc2c(N3CCC4(C=Nc5ccccc54)CC3)ncnc21. The molecule has 0 atom stereocenters. The van der Waals surface area contributed by atoms with Crippen LogP contribution in [0.5, 0.6) is 0 Å². The van der Waals surface area contributed by atoms with Gasteiger partial charge in [0.15, 0.2) is 17.0 Å². The standard InChI is InChI=1S/C23H23F2N7O/c1-30-18-17(29-20(30)21(33)32-11-8-23(24,25)13-32)19(28-14-27-18)31-9-6-22(7-10-31)12-26-16-5-3-2-4-15(16)22/h2-5,12,14H,6-11,13H2,1H3. The highest BCUT2D eigenvalue weighted by molar-refractivity contribution is 5.96. The van der Waals surface area contributed by atoms with Crippen LogP contribution in [0, 0.1) is 0 Å². The predicted octanol–water partition coefficient (Wildman–Crippen LogP) is 3.10. The summed E-state index contributed by atoms with van der Waals surface area (Å²) >= 11 is 0. The molecule has 3 aliphatic heterocycles. The van der Waals surface area contributed by atoms with Gasteiger partial charge in [0.2, 0.25) is 5.82 Å². The second kappa shape index (κ2) is 7.03. The lowest BCUT2D eigenvalue weighted by molar-refractivity contribution is 0.0118. The van der Waals surface area contributed by atoms with Crippen molar-refractivity contribution in [2.75, 3.05) is 31.1 Å². The second-order valence-corrected chi connectivity index (χ2v) is 9.12. The van der Waals surface area contributed by atoms with Crippen molar-refractivity contribution in [2.45, 2.75) is 30.6 Å². The van der Waals surface area contributed by atoms with Gasteiger partial charge in [-0.15, -0.1) is 0 Å². The number of amides is 1. The van der Waals surface area contributed by atoms with E-state index in [9.17, 15) is 13.6 Å². The molecule has 2 saturated heterocycles. The minimum absolute atomic E-state index is 0.0187. The molecule has 8 nitrogen and oxygen atoms in total. The topological polar surface area (TPSA) is 79.5 Å². The highest BCUT2D eigenvalue weighted by Gasteiger charge is 2.42. The highest BCUT2D eigenvalue weighted by atomic mass is 19.3. The number of para-hydroxylation sites is 1. The van der Waals surface area contributed by atoms with E-state index in [4.69, 9.17) is 0 Å². The van der Waals surface area contributed by atoms with Crippen LogP contribution < -0.4 is 4.90 Å². The smallest absolute Gasteiger partial charge is 0.290 e. The number of fused-ring (bicyclic) bond motifs is 3. The average Bonchev–Trinajstić information content (AvgIpc) is 3.48. The normalized spacial score (nSPS) is 20.7. The molecule has 0 aliphatic carbocycles. The van der Waals surface area contributed by atoms with Crippen molar-refractivity contribution < 1.29 is 13.6 Å². The number of aryl methyl sites for hydroxylation is 1. The molecule has 5 heterocycles. The Balaban J connectivity index is 1.29. The highest BCUT2D eigenvalue weighted by Crippen LogP contribution is 2.44. The summed E-state index contributed by atoms with van der Waals surface area (Å²) in [6.45, 7) is 0.949. The third-order valence-electron chi connectivity index (χ3n) is 7.13. The van der Waals surface area contributed by atoms with Crippen molar-refractivity contribution in [2.24, 2.45) is 12.0 Å². The Morgan fingerprint density at radius 2 is 1.85 bits per heavy atom. The van der Waals surface area contributed by atoms with Crippen molar-refractivity contribution in [3.05, 3.63) is 42.0 Å². The average molecular weight is 451 g/mol. The Hall–Kier alpha value is -3.43. The maximum absolute atomic E-state index is 13.6. The molecule has 33 heavy (non-hydrogen) atoms. The van der Waals surface area contributed by atoms with Gasteiger partial charge in [0.05, 0.1) is 12.2 Å². The van der Waals surface area contributed by atoms with Gasteiger partial charge in [-0.1, -0.05) is 18.2 Å². The van der Waals surface area contributed by atoms with Crippen LogP contribution >= 0.6 is 0 Å². The molecule has 6 rings (SSSR count). The third-order valence-corrected chi connectivity index (χ3v) is 7.13. The maximum Gasteiger partial charge on any atom is 0.290 e. The number of alkyl halides is 2. The molecule has 0 unspecified atom stereocenters. The van der Waals surface area contributed by atoms with Gasteiger partial charge in [-0.05, 0) is 24.5 Å². The molecule has 3 aliphatic rings. The van der Waals surface area contributed by atoms with E-state index in [1.807, 2.05) is 12.1 Å². The monoisotopic (exact) mass is 451 g/mol. The number of benzene rings is 1. The van der Waals surface area contributed by atoms with Crippen molar-refractivity contribution in [3.63, 3.8) is 0 Å². The lowest BCUT2D eigenvalue weighted by atomic mass is 9.74. The van der Waals surface area contributed by atoms with Crippen LogP contribution in [-0.2, 0) is 12.5 Å². The zero-order valence-corrected chi connectivity index (χ0v) is 18.2. The number of carbonyl (C=O) groups is 1. The van der Waals surface area contributed by atoms with Gasteiger partial charge < -0.3 is 14.4 Å². The van der Waals surface area contributed by atoms with E-state index in [1.165, 1.54) is 11.9 Å². The number of halogens is 2. The van der Waals surface area contributed by atoms with Gasteiger partial charge in [-0.25, -0.2) is 23.7 Å². The Kier molecular flexibility index (Phi) is 4.30. The molecule has 0 saturated carbocycles. The summed E-state index contributed by atoms with van der Waals surface area (Å²) in [5, 5.41) is 0. The number of aromatic nitrogens is 4. The maximum atomic E-state index is 13.6. The summed E-state index contributed by atoms with van der Waals surface area (Å²) in [4.78, 5) is 34.2. The first-order valence-corrected chi connectivity index (χ1v) is 11.1. The summed E-state index contributed by atoms with van der Waals surface area (Å²) < 4.78 is 28.9. The number of hydrogen-bond donors (Lipinski definition) is 0. The molecule has 1 spiro atoms. The van der Waals surface area contributed by atoms with Gasteiger partial charge in [0.25, 0.3) is 11.8 Å². The Labute approximate surface area is 189 Å². The van der Waals surface area contributed by atoms with Crippen LogP contribution in [0.1, 0.15) is 35.4 Å². The van der Waals surface area contributed by atoms with Crippen LogP contribution in [0.4, 0.5) is 20.3 Å². The fourth-order valence-corrected chi connectivity index (χ4v) is 5.25. The molecule has 3 aromatic rings. The largest absolute Gasteiger partial charge is 0.355 e. The first kappa shape index (κ1) is 20.2. The van der Waals surface area contributed by atoms with Crippen LogP contribution in [0.3, 0.4) is 0 Å². The number of rotatable bonds is 2. The third kappa shape index (κ3) is 3.11. The molecular formula is C23H23F2N7O. The molecular weight excluding hydrogens is 428 g/mol. The Morgan fingerprint density at radius 3 is 2.61 bits per heavy atom. The number of hydrogen-bond acceptors (Lipinski definition) is 6. The molecule has 0 bridgehead atoms. The van der Waals surface area contributed by atoms with Crippen LogP contribution in [0.15, 0.2) is 35.6 Å². The number of carbonyl (C=O) groups excluding carboxylic acids is 1. The van der Waals surface area contributed by atoms with Gasteiger partial charge in [0.1, 0.15) is 6.33 Å². The summed E-state index contributed by atoms with van der Waals surface area (Å²) in [5.41, 5.74) is 3.28. The predicted molar refractivity (Wildman–Crippen MR) is 119 cm³/mol. The van der Waals surface area contributed by atoms with E-state index in [1.54, 1.807) is 11.6 Å². The van der Waals surface area contributed by atoms with Gasteiger partial charge >= 0.3 is 0 Å². The van der Waals surface area contributed by atoms with Crippen LogP contribution in [0.25, 0.3) is 11.2 Å². The molecule has 1 aromatic carbocycles. The van der Waals surface area contributed by atoms with Crippen molar-refractivity contribution in [1.29, 1.82) is 0 Å². The van der Waals surface area contributed by atoms with Crippen molar-refractivity contribution in [1.82, 2.24) is 24.4 Å². The molecule has 2 aromatic heterocycles. The fraction of sp³-hybridized carbons (Fsp3) is 0.435. The van der Waals surface area contributed by atoms with E-state index >= 15 is 0 Å². The first-order valence-electron chi connectivity index (χ1n) is 11.1. The molecule has 10 heteroatoms. The molecule has 170 valence electrons. The Bertz CT molecular complexity index is 1290. The number of piperidine rings is 1. The molecule has 0 N–H and O–H groups in total. The quantitative estimate of drug-likeness (QED) is 0.598. The fourth-order valence-electron chi connectivity index (χ4n) is 5.25. The zero-order valence-electron chi connectivity index (χ0n) is 18.2. The minimum Gasteiger partial charge on any atom is -0.355 e. The number of likely N-dealkylation sites (tertiary alicyclic amines) is 1. The summed E-state index contributed by atoms with van der Waals surface area (Å²) in [6.07, 6.45) is 5.00. The van der Waals surface area contributed by atoms with Crippen LogP contribution in [-0.4, -0.2) is 68.6 Å². The number of aliphatic imine (C=N–C) groups is 1. The van der Waals surface area contributed by atoms with Gasteiger partial charge in [-0.2, -0.15) is 0 Å². The summed E-state index contributed by atoms with van der Waals surface area (Å²) in [7, 11) is 1.69. The van der Waals surface area contributed by atoms with E-state index in [0.29, 0.717) is 17.0 Å². The lowest BCUT2D eigenvalue weighted by Gasteiger charge is -2.38. The summed E-state index contributed by atoms with van der Waals surface area (Å²) in [6, 6.07) is 8.26. The number of imidazole rings is 1.